The zero-order chi connectivity index (χ0) is 20.1. The molecule has 0 bridgehead atoms. The molecule has 1 heterocycles. The molecule has 0 unspecified atom stereocenters. The molecule has 2 aromatic carbocycles. The molecule has 1 aliphatic heterocycles. The largest absolute Gasteiger partial charge is 0.496 e. The third-order valence-corrected chi connectivity index (χ3v) is 5.93. The first kappa shape index (κ1) is 19.6. The summed E-state index contributed by atoms with van der Waals surface area (Å²) in [7, 11) is 3.42. The standard InChI is InChI=1S/C24H31N3O2/c1-28-22-14-9-15-23(29-2)20(22)17-27-16-18-10-7-8-13-21(18)26-24(27)25-19-11-5-3-4-6-12-19/h7-10,13-15,19H,3-6,11-12,16-17H2,1-2H3,(H,25,26). The lowest BCUT2D eigenvalue weighted by Gasteiger charge is -2.34. The summed E-state index contributed by atoms with van der Waals surface area (Å²) in [6.45, 7) is 1.50. The molecule has 0 amide bonds. The lowest BCUT2D eigenvalue weighted by molar-refractivity contribution is 0.347. The first-order valence-electron chi connectivity index (χ1n) is 10.7. The second-order valence-electron chi connectivity index (χ2n) is 7.88. The van der Waals surface area contributed by atoms with E-state index in [2.05, 4.69) is 34.5 Å². The van der Waals surface area contributed by atoms with Crippen molar-refractivity contribution in [3.63, 3.8) is 0 Å². The molecule has 1 saturated carbocycles. The van der Waals surface area contributed by atoms with Crippen LogP contribution in [0, 0.1) is 0 Å². The zero-order valence-electron chi connectivity index (χ0n) is 17.5. The predicted octanol–water partition coefficient (Wildman–Crippen LogP) is 5.21. The van der Waals surface area contributed by atoms with Crippen LogP contribution < -0.4 is 14.8 Å². The minimum Gasteiger partial charge on any atom is -0.496 e. The number of para-hydroxylation sites is 1. The van der Waals surface area contributed by atoms with Crippen LogP contribution in [0.2, 0.25) is 0 Å². The Labute approximate surface area is 173 Å². The van der Waals surface area contributed by atoms with Gasteiger partial charge in [0.15, 0.2) is 5.96 Å². The number of fused-ring (bicyclic) bond motifs is 1. The van der Waals surface area contributed by atoms with Crippen LogP contribution in [0.5, 0.6) is 11.5 Å². The van der Waals surface area contributed by atoms with E-state index in [1.807, 2.05) is 18.2 Å². The van der Waals surface area contributed by atoms with E-state index in [0.29, 0.717) is 12.6 Å². The molecule has 5 nitrogen and oxygen atoms in total. The van der Waals surface area contributed by atoms with Crippen molar-refractivity contribution in [2.24, 2.45) is 4.99 Å². The predicted molar refractivity (Wildman–Crippen MR) is 118 cm³/mol. The Kier molecular flexibility index (Phi) is 6.23. The van der Waals surface area contributed by atoms with Crippen molar-refractivity contribution in [1.29, 1.82) is 0 Å². The first-order valence-corrected chi connectivity index (χ1v) is 10.7. The maximum atomic E-state index is 5.63. The van der Waals surface area contributed by atoms with Crippen molar-refractivity contribution in [2.45, 2.75) is 57.7 Å². The van der Waals surface area contributed by atoms with Crippen molar-refractivity contribution < 1.29 is 9.47 Å². The maximum Gasteiger partial charge on any atom is 0.199 e. The number of rotatable bonds is 5. The van der Waals surface area contributed by atoms with Crippen molar-refractivity contribution in [1.82, 2.24) is 4.90 Å². The minimum absolute atomic E-state index is 0.396. The summed E-state index contributed by atoms with van der Waals surface area (Å²) in [5.74, 6) is 2.65. The van der Waals surface area contributed by atoms with Gasteiger partial charge in [0.2, 0.25) is 0 Å². The molecule has 2 aliphatic rings. The SMILES string of the molecule is COc1cccc(OC)c1CN1Cc2ccccc2NC1=NC1CCCCCC1. The number of guanidine groups is 1. The van der Waals surface area contributed by atoms with Gasteiger partial charge in [0.1, 0.15) is 11.5 Å². The van der Waals surface area contributed by atoms with Gasteiger partial charge < -0.3 is 19.7 Å². The Balaban J connectivity index is 1.67. The second-order valence-corrected chi connectivity index (χ2v) is 7.88. The molecule has 4 rings (SSSR count). The third kappa shape index (κ3) is 4.50. The summed E-state index contributed by atoms with van der Waals surface area (Å²) in [5, 5.41) is 3.60. The Bertz CT molecular complexity index is 835. The van der Waals surface area contributed by atoms with Crippen molar-refractivity contribution in [3.8, 4) is 11.5 Å². The van der Waals surface area contributed by atoms with Crippen molar-refractivity contribution in [3.05, 3.63) is 53.6 Å². The van der Waals surface area contributed by atoms with Crippen LogP contribution in [0.4, 0.5) is 5.69 Å². The van der Waals surface area contributed by atoms with Crippen LogP contribution in [-0.4, -0.2) is 31.1 Å². The van der Waals surface area contributed by atoms with Crippen LogP contribution in [0.15, 0.2) is 47.5 Å². The molecule has 0 aromatic heterocycles. The van der Waals surface area contributed by atoms with E-state index >= 15 is 0 Å². The van der Waals surface area contributed by atoms with E-state index in [4.69, 9.17) is 14.5 Å². The van der Waals surface area contributed by atoms with Gasteiger partial charge in [-0.25, -0.2) is 4.99 Å². The van der Waals surface area contributed by atoms with Gasteiger partial charge in [-0.15, -0.1) is 0 Å². The number of anilines is 1. The molecule has 0 saturated heterocycles. The van der Waals surface area contributed by atoms with E-state index < -0.39 is 0 Å². The fourth-order valence-electron chi connectivity index (χ4n) is 4.34. The summed E-state index contributed by atoms with van der Waals surface area (Å²) in [6, 6.07) is 14.8. The maximum absolute atomic E-state index is 5.63. The minimum atomic E-state index is 0.396. The van der Waals surface area contributed by atoms with Crippen LogP contribution in [0.1, 0.15) is 49.7 Å². The van der Waals surface area contributed by atoms with Crippen LogP contribution in [0.3, 0.4) is 0 Å². The molecule has 1 aliphatic carbocycles. The highest BCUT2D eigenvalue weighted by atomic mass is 16.5. The normalized spacial score (nSPS) is 18.7. The van der Waals surface area contributed by atoms with Crippen LogP contribution in [-0.2, 0) is 13.1 Å². The highest BCUT2D eigenvalue weighted by molar-refractivity contribution is 5.96. The summed E-state index contributed by atoms with van der Waals surface area (Å²) in [5.41, 5.74) is 3.48. The molecule has 1 fully saturated rings. The number of nitrogens with zero attached hydrogens (tertiary/aromatic N) is 2. The molecule has 5 heteroatoms. The lowest BCUT2D eigenvalue weighted by atomic mass is 10.1. The highest BCUT2D eigenvalue weighted by Crippen LogP contribution is 2.32. The smallest absolute Gasteiger partial charge is 0.199 e. The molecule has 0 spiro atoms. The molecule has 154 valence electrons. The summed E-state index contributed by atoms with van der Waals surface area (Å²) >= 11 is 0. The number of aliphatic imine (C=N–C) groups is 1. The fraction of sp³-hybridized carbons (Fsp3) is 0.458. The van der Waals surface area contributed by atoms with E-state index in [0.717, 1.165) is 35.3 Å². The zero-order valence-corrected chi connectivity index (χ0v) is 17.5. The van der Waals surface area contributed by atoms with Gasteiger partial charge in [-0.05, 0) is 36.6 Å². The summed E-state index contributed by atoms with van der Waals surface area (Å²) in [6.07, 6.45) is 7.58. The van der Waals surface area contributed by atoms with Crippen LogP contribution in [0.25, 0.3) is 0 Å². The Morgan fingerprint density at radius 3 is 2.31 bits per heavy atom. The Morgan fingerprint density at radius 1 is 0.931 bits per heavy atom. The second kappa shape index (κ2) is 9.21. The van der Waals surface area contributed by atoms with Gasteiger partial charge >= 0.3 is 0 Å². The average Bonchev–Trinajstić information content (AvgIpc) is 3.03. The number of ether oxygens (including phenoxy) is 2. The highest BCUT2D eigenvalue weighted by Gasteiger charge is 2.25. The van der Waals surface area contributed by atoms with Gasteiger partial charge in [-0.3, -0.25) is 0 Å². The molecule has 2 aromatic rings. The molecule has 0 atom stereocenters. The molecule has 1 N–H and O–H groups in total. The Hall–Kier alpha value is -2.69. The molecular weight excluding hydrogens is 362 g/mol. The fourth-order valence-corrected chi connectivity index (χ4v) is 4.34. The number of nitrogens with one attached hydrogen (secondary N) is 1. The number of methoxy groups -OCH3 is 2. The third-order valence-electron chi connectivity index (χ3n) is 5.93. The van der Waals surface area contributed by atoms with E-state index in [9.17, 15) is 0 Å². The topological polar surface area (TPSA) is 46.1 Å². The summed E-state index contributed by atoms with van der Waals surface area (Å²) < 4.78 is 11.3. The van der Waals surface area contributed by atoms with Gasteiger partial charge in [0, 0.05) is 12.2 Å². The molecule has 29 heavy (non-hydrogen) atoms. The number of benzene rings is 2. The van der Waals surface area contributed by atoms with Gasteiger partial charge in [0.25, 0.3) is 0 Å². The van der Waals surface area contributed by atoms with Gasteiger partial charge in [0.05, 0.1) is 32.4 Å². The van der Waals surface area contributed by atoms with Gasteiger partial charge in [-0.1, -0.05) is 49.9 Å². The Morgan fingerprint density at radius 2 is 1.62 bits per heavy atom. The van der Waals surface area contributed by atoms with Crippen molar-refractivity contribution >= 4 is 11.6 Å². The van der Waals surface area contributed by atoms with Gasteiger partial charge in [-0.2, -0.15) is 0 Å². The number of hydrogen-bond acceptors (Lipinski definition) is 3. The average molecular weight is 394 g/mol. The summed E-state index contributed by atoms with van der Waals surface area (Å²) in [4.78, 5) is 7.51. The molecule has 0 radical (unpaired) electrons. The number of hydrogen-bond donors (Lipinski definition) is 1. The lowest BCUT2D eigenvalue weighted by Crippen LogP contribution is -2.40. The van der Waals surface area contributed by atoms with E-state index in [1.165, 1.54) is 44.1 Å². The van der Waals surface area contributed by atoms with E-state index in [1.54, 1.807) is 14.2 Å². The molecular formula is C24H31N3O2. The van der Waals surface area contributed by atoms with Crippen molar-refractivity contribution in [2.75, 3.05) is 19.5 Å². The monoisotopic (exact) mass is 393 g/mol. The van der Waals surface area contributed by atoms with E-state index in [-0.39, 0.29) is 0 Å². The van der Waals surface area contributed by atoms with Crippen LogP contribution >= 0.6 is 0 Å². The first-order chi connectivity index (χ1) is 14.3. The quantitative estimate of drug-likeness (QED) is 0.708.